The second-order valence-corrected chi connectivity index (χ2v) is 7.10. The van der Waals surface area contributed by atoms with Crippen LogP contribution in [0.5, 0.6) is 28.7 Å². The molecule has 4 rings (SSSR count). The lowest BCUT2D eigenvalue weighted by molar-refractivity contribution is 0.0921. The summed E-state index contributed by atoms with van der Waals surface area (Å²) in [7, 11) is 4.54. The number of ether oxygens (including phenoxy) is 5. The van der Waals surface area contributed by atoms with Crippen LogP contribution in [0.2, 0.25) is 0 Å². The van der Waals surface area contributed by atoms with Crippen LogP contribution in [0.3, 0.4) is 0 Å². The normalized spacial score (nSPS) is 13.3. The standard InChI is InChI=1S/C26H22O7/c1-29-21-12-9-17(25(30-2)26(21)31-3)13-23-24(28)19-11-10-18(14-22(19)33-23)32-15-20(27)16-7-5-4-6-8-16/h4-14H,15H2,1-3H3/b23-13-. The molecule has 0 saturated carbocycles. The quantitative estimate of drug-likeness (QED) is 0.370. The zero-order valence-electron chi connectivity index (χ0n) is 18.4. The highest BCUT2D eigenvalue weighted by molar-refractivity contribution is 6.14. The minimum Gasteiger partial charge on any atom is -0.493 e. The summed E-state index contributed by atoms with van der Waals surface area (Å²) in [5.41, 5.74) is 1.57. The predicted molar refractivity (Wildman–Crippen MR) is 122 cm³/mol. The van der Waals surface area contributed by atoms with Crippen LogP contribution in [0.15, 0.2) is 66.4 Å². The van der Waals surface area contributed by atoms with Crippen molar-refractivity contribution in [3.63, 3.8) is 0 Å². The molecule has 0 N–H and O–H groups in total. The van der Waals surface area contributed by atoms with Crippen molar-refractivity contribution in [3.05, 3.63) is 83.1 Å². The molecule has 168 valence electrons. The fourth-order valence-electron chi connectivity index (χ4n) is 3.49. The third-order valence-electron chi connectivity index (χ3n) is 5.13. The van der Waals surface area contributed by atoms with E-state index in [2.05, 4.69) is 0 Å². The SMILES string of the molecule is COc1ccc(/C=C2\Oc3cc(OCC(=O)c4ccccc4)ccc3C2=O)c(OC)c1OC. The summed E-state index contributed by atoms with van der Waals surface area (Å²) in [4.78, 5) is 25.1. The summed E-state index contributed by atoms with van der Waals surface area (Å²) in [5, 5.41) is 0. The van der Waals surface area contributed by atoms with Gasteiger partial charge in [0.25, 0.3) is 0 Å². The van der Waals surface area contributed by atoms with Crippen LogP contribution >= 0.6 is 0 Å². The zero-order chi connectivity index (χ0) is 23.4. The molecule has 7 nitrogen and oxygen atoms in total. The number of Topliss-reactive ketones (excluding diaryl/α,β-unsaturated/α-hetero) is 2. The third-order valence-corrected chi connectivity index (χ3v) is 5.13. The van der Waals surface area contributed by atoms with Gasteiger partial charge in [-0.05, 0) is 30.3 Å². The smallest absolute Gasteiger partial charge is 0.231 e. The van der Waals surface area contributed by atoms with Crippen LogP contribution in [0, 0.1) is 0 Å². The average molecular weight is 446 g/mol. The maximum absolute atomic E-state index is 12.9. The number of ketones is 2. The molecule has 0 aliphatic carbocycles. The molecular formula is C26H22O7. The van der Waals surface area contributed by atoms with Crippen molar-refractivity contribution in [2.75, 3.05) is 27.9 Å². The van der Waals surface area contributed by atoms with Gasteiger partial charge in [-0.3, -0.25) is 9.59 Å². The van der Waals surface area contributed by atoms with Crippen molar-refractivity contribution in [3.8, 4) is 28.7 Å². The van der Waals surface area contributed by atoms with E-state index in [1.807, 2.05) is 6.07 Å². The molecule has 0 atom stereocenters. The van der Waals surface area contributed by atoms with Gasteiger partial charge >= 0.3 is 0 Å². The average Bonchev–Trinajstić information content (AvgIpc) is 3.16. The van der Waals surface area contributed by atoms with Crippen molar-refractivity contribution in [1.82, 2.24) is 0 Å². The number of carbonyl (C=O) groups is 2. The Balaban J connectivity index is 1.54. The number of hydrogen-bond donors (Lipinski definition) is 0. The number of carbonyl (C=O) groups excluding carboxylic acids is 2. The van der Waals surface area contributed by atoms with E-state index in [9.17, 15) is 9.59 Å². The first-order valence-corrected chi connectivity index (χ1v) is 10.1. The van der Waals surface area contributed by atoms with Crippen LogP contribution in [0.1, 0.15) is 26.3 Å². The third kappa shape index (κ3) is 4.39. The second-order valence-electron chi connectivity index (χ2n) is 7.10. The molecule has 0 saturated heterocycles. The summed E-state index contributed by atoms with van der Waals surface area (Å²) in [5.74, 6) is 1.84. The van der Waals surface area contributed by atoms with Gasteiger partial charge in [-0.15, -0.1) is 0 Å². The second kappa shape index (κ2) is 9.48. The number of benzene rings is 3. The fourth-order valence-corrected chi connectivity index (χ4v) is 3.49. The van der Waals surface area contributed by atoms with Gasteiger partial charge in [0, 0.05) is 17.2 Å². The van der Waals surface area contributed by atoms with Crippen LogP contribution < -0.4 is 23.7 Å². The molecule has 0 fully saturated rings. The Hall–Kier alpha value is -4.26. The van der Waals surface area contributed by atoms with Crippen molar-refractivity contribution in [1.29, 1.82) is 0 Å². The maximum Gasteiger partial charge on any atom is 0.231 e. The van der Waals surface area contributed by atoms with E-state index in [0.717, 1.165) is 0 Å². The molecule has 3 aromatic rings. The molecule has 1 heterocycles. The molecule has 3 aromatic carbocycles. The van der Waals surface area contributed by atoms with Crippen molar-refractivity contribution >= 4 is 17.6 Å². The molecule has 0 spiro atoms. The fraction of sp³-hybridized carbons (Fsp3) is 0.154. The summed E-state index contributed by atoms with van der Waals surface area (Å²) in [6.07, 6.45) is 1.59. The van der Waals surface area contributed by atoms with Crippen molar-refractivity contribution in [2.24, 2.45) is 0 Å². The molecule has 1 aliphatic heterocycles. The van der Waals surface area contributed by atoms with Gasteiger partial charge < -0.3 is 23.7 Å². The molecule has 0 bridgehead atoms. The topological polar surface area (TPSA) is 80.3 Å². The Bertz CT molecular complexity index is 1230. The summed E-state index contributed by atoms with van der Waals surface area (Å²) in [6, 6.07) is 17.2. The minimum absolute atomic E-state index is 0.123. The van der Waals surface area contributed by atoms with E-state index in [1.54, 1.807) is 60.7 Å². The van der Waals surface area contributed by atoms with Crippen LogP contribution in [-0.2, 0) is 0 Å². The molecule has 0 radical (unpaired) electrons. The van der Waals surface area contributed by atoms with Gasteiger partial charge in [0.05, 0.1) is 26.9 Å². The summed E-state index contributed by atoms with van der Waals surface area (Å²) in [6.45, 7) is -0.123. The first-order chi connectivity index (χ1) is 16.0. The van der Waals surface area contributed by atoms with E-state index in [4.69, 9.17) is 23.7 Å². The first-order valence-electron chi connectivity index (χ1n) is 10.1. The highest BCUT2D eigenvalue weighted by Gasteiger charge is 2.29. The molecule has 7 heteroatoms. The highest BCUT2D eigenvalue weighted by atomic mass is 16.5. The Morgan fingerprint density at radius 1 is 0.909 bits per heavy atom. The Labute approximate surface area is 191 Å². The highest BCUT2D eigenvalue weighted by Crippen LogP contribution is 2.42. The van der Waals surface area contributed by atoms with Crippen molar-refractivity contribution < 1.29 is 33.3 Å². The Kier molecular flexibility index (Phi) is 6.31. The van der Waals surface area contributed by atoms with Crippen LogP contribution in [0.25, 0.3) is 6.08 Å². The Morgan fingerprint density at radius 3 is 2.36 bits per heavy atom. The summed E-state index contributed by atoms with van der Waals surface area (Å²) < 4.78 is 27.6. The number of methoxy groups -OCH3 is 3. The van der Waals surface area contributed by atoms with E-state index in [-0.39, 0.29) is 23.9 Å². The van der Waals surface area contributed by atoms with E-state index in [0.29, 0.717) is 45.4 Å². The largest absolute Gasteiger partial charge is 0.493 e. The lowest BCUT2D eigenvalue weighted by atomic mass is 10.1. The van der Waals surface area contributed by atoms with Gasteiger partial charge in [-0.1, -0.05) is 30.3 Å². The van der Waals surface area contributed by atoms with E-state index < -0.39 is 0 Å². The van der Waals surface area contributed by atoms with Gasteiger partial charge in [0.2, 0.25) is 11.5 Å². The molecular weight excluding hydrogens is 424 g/mol. The van der Waals surface area contributed by atoms with Crippen molar-refractivity contribution in [2.45, 2.75) is 0 Å². The predicted octanol–water partition coefficient (Wildman–Crippen LogP) is 4.59. The Morgan fingerprint density at radius 2 is 1.67 bits per heavy atom. The first kappa shape index (κ1) is 22.0. The van der Waals surface area contributed by atoms with E-state index >= 15 is 0 Å². The lowest BCUT2D eigenvalue weighted by Gasteiger charge is -2.14. The molecule has 33 heavy (non-hydrogen) atoms. The van der Waals surface area contributed by atoms with Gasteiger partial charge in [-0.25, -0.2) is 0 Å². The zero-order valence-corrected chi connectivity index (χ0v) is 18.4. The number of allylic oxidation sites excluding steroid dienone is 1. The lowest BCUT2D eigenvalue weighted by Crippen LogP contribution is -2.11. The molecule has 0 aromatic heterocycles. The number of hydrogen-bond acceptors (Lipinski definition) is 7. The molecule has 0 unspecified atom stereocenters. The van der Waals surface area contributed by atoms with Gasteiger partial charge in [-0.2, -0.15) is 0 Å². The minimum atomic E-state index is -0.270. The molecule has 0 amide bonds. The maximum atomic E-state index is 12.9. The summed E-state index contributed by atoms with van der Waals surface area (Å²) >= 11 is 0. The van der Waals surface area contributed by atoms with Crippen LogP contribution in [0.4, 0.5) is 0 Å². The van der Waals surface area contributed by atoms with Gasteiger partial charge in [0.1, 0.15) is 11.5 Å². The monoisotopic (exact) mass is 446 g/mol. The molecule has 1 aliphatic rings. The van der Waals surface area contributed by atoms with Gasteiger partial charge in [0.15, 0.2) is 29.6 Å². The number of rotatable bonds is 8. The van der Waals surface area contributed by atoms with E-state index in [1.165, 1.54) is 21.3 Å². The van der Waals surface area contributed by atoms with Crippen LogP contribution in [-0.4, -0.2) is 39.5 Å². The number of fused-ring (bicyclic) bond motifs is 1.